The molecule has 0 unspecified atom stereocenters. The molecule has 0 bridgehead atoms. The molecule has 6 nitrogen and oxygen atoms in total. The molecule has 0 radical (unpaired) electrons. The summed E-state index contributed by atoms with van der Waals surface area (Å²) in [7, 11) is 1.80. The highest BCUT2D eigenvalue weighted by Crippen LogP contribution is 2.38. The monoisotopic (exact) mass is 508 g/mol. The zero-order chi connectivity index (χ0) is 26.5. The molecule has 1 aliphatic heterocycles. The van der Waals surface area contributed by atoms with E-state index in [1.165, 1.54) is 6.26 Å². The first kappa shape index (κ1) is 25.3. The van der Waals surface area contributed by atoms with Gasteiger partial charge in [-0.1, -0.05) is 73.7 Å². The number of amides is 2. The van der Waals surface area contributed by atoms with Crippen molar-refractivity contribution in [2.75, 3.05) is 13.6 Å². The summed E-state index contributed by atoms with van der Waals surface area (Å²) in [4.78, 5) is 30.3. The van der Waals surface area contributed by atoms with Gasteiger partial charge in [-0.05, 0) is 59.4 Å². The highest BCUT2D eigenvalue weighted by Gasteiger charge is 2.34. The number of rotatable bonds is 8. The Kier molecular flexibility index (Phi) is 7.59. The summed E-state index contributed by atoms with van der Waals surface area (Å²) in [5, 5.41) is 0. The predicted octanol–water partition coefficient (Wildman–Crippen LogP) is 5.88. The Morgan fingerprint density at radius 2 is 1.74 bits per heavy atom. The lowest BCUT2D eigenvalue weighted by Crippen LogP contribution is -2.41. The van der Waals surface area contributed by atoms with E-state index in [0.717, 1.165) is 28.7 Å². The molecule has 0 saturated carbocycles. The summed E-state index contributed by atoms with van der Waals surface area (Å²) < 4.78 is 11.7. The number of hydrogen-bond acceptors (Lipinski definition) is 4. The molecule has 38 heavy (non-hydrogen) atoms. The van der Waals surface area contributed by atoms with Gasteiger partial charge < -0.3 is 19.0 Å². The Morgan fingerprint density at radius 1 is 1.00 bits per heavy atom. The number of furan rings is 1. The van der Waals surface area contributed by atoms with Crippen molar-refractivity contribution in [3.63, 3.8) is 0 Å². The van der Waals surface area contributed by atoms with Gasteiger partial charge in [-0.25, -0.2) is 0 Å². The van der Waals surface area contributed by atoms with Gasteiger partial charge in [-0.3, -0.25) is 9.59 Å². The van der Waals surface area contributed by atoms with Crippen LogP contribution in [0.1, 0.15) is 52.2 Å². The van der Waals surface area contributed by atoms with Crippen LogP contribution in [0.2, 0.25) is 0 Å². The minimum absolute atomic E-state index is 0.0664. The fraction of sp³-hybridized carbons (Fsp3) is 0.250. The van der Waals surface area contributed by atoms with Crippen molar-refractivity contribution in [1.29, 1.82) is 0 Å². The van der Waals surface area contributed by atoms with Gasteiger partial charge in [0.15, 0.2) is 11.9 Å². The summed E-state index contributed by atoms with van der Waals surface area (Å²) in [5.74, 6) is 0.721. The second kappa shape index (κ2) is 11.4. The minimum Gasteiger partial charge on any atom is -0.481 e. The van der Waals surface area contributed by atoms with Crippen LogP contribution in [-0.4, -0.2) is 41.3 Å². The molecule has 0 spiro atoms. The van der Waals surface area contributed by atoms with Gasteiger partial charge in [0.1, 0.15) is 5.75 Å². The summed E-state index contributed by atoms with van der Waals surface area (Å²) in [6, 6.07) is 29.0. The number of carbonyl (C=O) groups excluding carboxylic acids is 2. The first-order valence-electron chi connectivity index (χ1n) is 13.0. The standard InChI is InChI=1S/C32H32N2O4/c1-3-28(31(35)33(2)22-23-11-6-4-7-12-23)38-26-17-16-24-18-19-34(32(36)29-15-10-20-37-29)30(27(24)21-26)25-13-8-5-9-14-25/h4-17,20-21,28,30H,3,18-19,22H2,1-2H3/t28-,30+/m1/s1. The number of fused-ring (bicyclic) bond motifs is 1. The maximum Gasteiger partial charge on any atom is 0.290 e. The number of benzene rings is 3. The van der Waals surface area contributed by atoms with Crippen molar-refractivity contribution < 1.29 is 18.7 Å². The minimum atomic E-state index is -0.610. The van der Waals surface area contributed by atoms with Gasteiger partial charge in [0.25, 0.3) is 11.8 Å². The van der Waals surface area contributed by atoms with Crippen molar-refractivity contribution in [3.8, 4) is 5.75 Å². The van der Waals surface area contributed by atoms with E-state index < -0.39 is 6.10 Å². The third kappa shape index (κ3) is 5.35. The van der Waals surface area contributed by atoms with Crippen molar-refractivity contribution in [2.45, 2.75) is 38.5 Å². The van der Waals surface area contributed by atoms with Crippen molar-refractivity contribution in [1.82, 2.24) is 9.80 Å². The summed E-state index contributed by atoms with van der Waals surface area (Å²) in [5.41, 5.74) is 4.24. The Balaban J connectivity index is 1.42. The fourth-order valence-electron chi connectivity index (χ4n) is 5.08. The van der Waals surface area contributed by atoms with E-state index in [-0.39, 0.29) is 17.9 Å². The maximum atomic E-state index is 13.4. The molecule has 0 fully saturated rings. The normalized spacial score (nSPS) is 15.4. The average Bonchev–Trinajstić information content (AvgIpc) is 3.50. The Labute approximate surface area is 223 Å². The van der Waals surface area contributed by atoms with Crippen LogP contribution in [0.15, 0.2) is 102 Å². The van der Waals surface area contributed by atoms with Crippen LogP contribution < -0.4 is 4.74 Å². The smallest absolute Gasteiger partial charge is 0.290 e. The predicted molar refractivity (Wildman–Crippen MR) is 146 cm³/mol. The highest BCUT2D eigenvalue weighted by atomic mass is 16.5. The number of ether oxygens (including phenoxy) is 1. The second-order valence-corrected chi connectivity index (χ2v) is 9.59. The number of nitrogens with zero attached hydrogens (tertiary/aromatic N) is 2. The second-order valence-electron chi connectivity index (χ2n) is 9.59. The molecule has 2 atom stereocenters. The van der Waals surface area contributed by atoms with Crippen LogP contribution in [0.3, 0.4) is 0 Å². The van der Waals surface area contributed by atoms with Gasteiger partial charge >= 0.3 is 0 Å². The van der Waals surface area contributed by atoms with Gasteiger partial charge in [-0.2, -0.15) is 0 Å². The Hall–Kier alpha value is -4.32. The molecule has 0 N–H and O–H groups in total. The molecule has 194 valence electrons. The van der Waals surface area contributed by atoms with Gasteiger partial charge in [0.05, 0.1) is 12.3 Å². The van der Waals surface area contributed by atoms with E-state index in [1.54, 1.807) is 24.1 Å². The molecule has 2 heterocycles. The van der Waals surface area contributed by atoms with E-state index in [4.69, 9.17) is 9.15 Å². The largest absolute Gasteiger partial charge is 0.481 e. The topological polar surface area (TPSA) is 63.0 Å². The van der Waals surface area contributed by atoms with E-state index in [9.17, 15) is 9.59 Å². The van der Waals surface area contributed by atoms with Crippen molar-refractivity contribution >= 4 is 11.8 Å². The SMILES string of the molecule is CC[C@@H](Oc1ccc2c(c1)[C@H](c1ccccc1)N(C(=O)c1ccco1)CC2)C(=O)N(C)Cc1ccccc1. The molecule has 2 amide bonds. The Bertz CT molecular complexity index is 1370. The van der Waals surface area contributed by atoms with Gasteiger partial charge in [0.2, 0.25) is 0 Å². The van der Waals surface area contributed by atoms with Crippen molar-refractivity contribution in [3.05, 3.63) is 125 Å². The molecule has 5 rings (SSSR count). The lowest BCUT2D eigenvalue weighted by atomic mass is 9.87. The third-order valence-corrected chi connectivity index (χ3v) is 7.02. The van der Waals surface area contributed by atoms with Crippen LogP contribution in [0.4, 0.5) is 0 Å². The highest BCUT2D eigenvalue weighted by molar-refractivity contribution is 5.92. The summed E-state index contributed by atoms with van der Waals surface area (Å²) >= 11 is 0. The van der Waals surface area contributed by atoms with Crippen molar-refractivity contribution in [2.24, 2.45) is 0 Å². The van der Waals surface area contributed by atoms with Crippen LogP contribution >= 0.6 is 0 Å². The van der Waals surface area contributed by atoms with Gasteiger partial charge in [-0.15, -0.1) is 0 Å². The van der Waals surface area contributed by atoms with Crippen LogP contribution in [0, 0.1) is 0 Å². The first-order valence-corrected chi connectivity index (χ1v) is 13.0. The van der Waals surface area contributed by atoms with E-state index >= 15 is 0 Å². The molecule has 6 heteroatoms. The molecule has 0 aliphatic carbocycles. The molecule has 0 saturated heterocycles. The molecule has 3 aromatic carbocycles. The van der Waals surface area contributed by atoms with E-state index in [2.05, 4.69) is 6.07 Å². The third-order valence-electron chi connectivity index (χ3n) is 7.02. The van der Waals surface area contributed by atoms with Crippen LogP contribution in [0.5, 0.6) is 5.75 Å². The van der Waals surface area contributed by atoms with Crippen LogP contribution in [0.25, 0.3) is 0 Å². The molecule has 1 aliphatic rings. The fourth-order valence-corrected chi connectivity index (χ4v) is 5.08. The number of hydrogen-bond donors (Lipinski definition) is 0. The lowest BCUT2D eigenvalue weighted by Gasteiger charge is -2.37. The maximum absolute atomic E-state index is 13.4. The number of likely N-dealkylation sites (N-methyl/N-ethyl adjacent to an activating group) is 1. The average molecular weight is 509 g/mol. The number of carbonyl (C=O) groups is 2. The molecule has 4 aromatic rings. The molecular weight excluding hydrogens is 476 g/mol. The zero-order valence-electron chi connectivity index (χ0n) is 21.7. The van der Waals surface area contributed by atoms with E-state index in [0.29, 0.717) is 31.0 Å². The summed E-state index contributed by atoms with van der Waals surface area (Å²) in [6.07, 6.45) is 2.17. The lowest BCUT2D eigenvalue weighted by molar-refractivity contribution is -0.138. The summed E-state index contributed by atoms with van der Waals surface area (Å²) in [6.45, 7) is 3.05. The molecular formula is C32H32N2O4. The quantitative estimate of drug-likeness (QED) is 0.298. The van der Waals surface area contributed by atoms with Crippen LogP contribution in [-0.2, 0) is 17.8 Å². The first-order chi connectivity index (χ1) is 18.5. The van der Waals surface area contributed by atoms with E-state index in [1.807, 2.05) is 84.6 Å². The zero-order valence-corrected chi connectivity index (χ0v) is 21.7. The van der Waals surface area contributed by atoms with Gasteiger partial charge in [0, 0.05) is 20.1 Å². The molecule has 1 aromatic heterocycles. The Morgan fingerprint density at radius 3 is 2.42 bits per heavy atom.